The third-order valence-corrected chi connectivity index (χ3v) is 5.30. The highest BCUT2D eigenvalue weighted by atomic mass is 35.5. The molecule has 3 nitrogen and oxygen atoms in total. The van der Waals surface area contributed by atoms with Crippen molar-refractivity contribution in [3.05, 3.63) is 49.6 Å². The van der Waals surface area contributed by atoms with Crippen LogP contribution in [0.2, 0.25) is 14.4 Å². The van der Waals surface area contributed by atoms with E-state index < -0.39 is 5.24 Å². The summed E-state index contributed by atoms with van der Waals surface area (Å²) in [6.45, 7) is 0. The van der Waals surface area contributed by atoms with Crippen LogP contribution in [-0.2, 0) is 4.79 Å². The molecule has 1 aromatic heterocycles. The van der Waals surface area contributed by atoms with Crippen LogP contribution in [0.4, 0.5) is 5.69 Å². The Morgan fingerprint density at radius 2 is 2.00 bits per heavy atom. The molecule has 8 heteroatoms. The number of nitrogens with zero attached hydrogens (tertiary/aromatic N) is 2. The van der Waals surface area contributed by atoms with E-state index in [1.807, 2.05) is 12.1 Å². The molecule has 0 bridgehead atoms. The van der Waals surface area contributed by atoms with E-state index in [2.05, 4.69) is 5.10 Å². The fourth-order valence-electron chi connectivity index (χ4n) is 2.25. The number of hydrazone groups is 1. The maximum atomic E-state index is 11.5. The Balaban J connectivity index is 2.05. The van der Waals surface area contributed by atoms with Crippen LogP contribution in [0.5, 0.6) is 0 Å². The standard InChI is InChI=1S/C14H8Cl4N2OS/c15-7-1-2-10(8(16)5-7)20-11(6-9(19-20)14(18)21)12-3-4-13(17)22-12/h1-5,11H,6H2. The predicted octanol–water partition coefficient (Wildman–Crippen LogP) is 5.78. The van der Waals surface area contributed by atoms with Crippen LogP contribution < -0.4 is 5.01 Å². The van der Waals surface area contributed by atoms with Gasteiger partial charge in [-0.25, -0.2) is 0 Å². The van der Waals surface area contributed by atoms with Crippen LogP contribution >= 0.6 is 57.7 Å². The lowest BCUT2D eigenvalue weighted by molar-refractivity contribution is -0.106. The monoisotopic (exact) mass is 392 g/mol. The Morgan fingerprint density at radius 3 is 2.59 bits per heavy atom. The molecule has 0 fully saturated rings. The molecule has 0 spiro atoms. The second-order valence-corrected chi connectivity index (χ2v) is 7.56. The highest BCUT2D eigenvalue weighted by Crippen LogP contribution is 2.42. The summed E-state index contributed by atoms with van der Waals surface area (Å²) in [6, 6.07) is 8.66. The summed E-state index contributed by atoms with van der Waals surface area (Å²) in [4.78, 5) is 12.5. The molecule has 0 aliphatic carbocycles. The number of carbonyl (C=O) groups is 1. The van der Waals surface area contributed by atoms with Gasteiger partial charge in [0.2, 0.25) is 0 Å². The lowest BCUT2D eigenvalue weighted by Crippen LogP contribution is -2.17. The van der Waals surface area contributed by atoms with Gasteiger partial charge in [-0.2, -0.15) is 5.10 Å². The number of hydrogen-bond acceptors (Lipinski definition) is 4. The zero-order valence-corrected chi connectivity index (χ0v) is 14.7. The summed E-state index contributed by atoms with van der Waals surface area (Å²) in [7, 11) is 0. The minimum absolute atomic E-state index is 0.172. The smallest absolute Gasteiger partial charge is 0.268 e. The molecule has 1 aromatic carbocycles. The van der Waals surface area contributed by atoms with Crippen molar-refractivity contribution in [2.45, 2.75) is 12.5 Å². The van der Waals surface area contributed by atoms with Gasteiger partial charge in [0.25, 0.3) is 5.24 Å². The first-order valence-electron chi connectivity index (χ1n) is 6.22. The minimum atomic E-state index is -0.569. The minimum Gasteiger partial charge on any atom is -0.274 e. The average Bonchev–Trinajstić information content (AvgIpc) is 3.05. The normalized spacial score (nSPS) is 17.7. The molecule has 2 aromatic rings. The van der Waals surface area contributed by atoms with Gasteiger partial charge >= 0.3 is 0 Å². The Bertz CT molecular complexity index is 774. The van der Waals surface area contributed by atoms with Crippen LogP contribution in [0.25, 0.3) is 0 Å². The van der Waals surface area contributed by atoms with Gasteiger partial charge in [-0.3, -0.25) is 9.80 Å². The van der Waals surface area contributed by atoms with Crippen molar-refractivity contribution in [3.8, 4) is 0 Å². The highest BCUT2D eigenvalue weighted by molar-refractivity contribution is 7.16. The first kappa shape index (κ1) is 16.1. The molecule has 1 atom stereocenters. The zero-order chi connectivity index (χ0) is 15.9. The molecule has 3 rings (SSSR count). The summed E-state index contributed by atoms with van der Waals surface area (Å²) in [6.07, 6.45) is 0.401. The van der Waals surface area contributed by atoms with Crippen molar-refractivity contribution in [3.63, 3.8) is 0 Å². The van der Waals surface area contributed by atoms with Crippen LogP contribution in [0.15, 0.2) is 35.4 Å². The Hall–Kier alpha value is -0.780. The van der Waals surface area contributed by atoms with Crippen molar-refractivity contribution in [1.82, 2.24) is 0 Å². The average molecular weight is 394 g/mol. The summed E-state index contributed by atoms with van der Waals surface area (Å²) >= 11 is 25.2. The molecule has 1 unspecified atom stereocenters. The van der Waals surface area contributed by atoms with Crippen molar-refractivity contribution in [2.75, 3.05) is 5.01 Å². The second-order valence-electron chi connectivity index (χ2n) is 4.62. The fourth-order valence-corrected chi connectivity index (χ4v) is 4.00. The number of halogens is 4. The van der Waals surface area contributed by atoms with Crippen molar-refractivity contribution in [1.29, 1.82) is 0 Å². The molecule has 0 saturated heterocycles. The van der Waals surface area contributed by atoms with E-state index >= 15 is 0 Å². The Labute approximate surface area is 151 Å². The molecular weight excluding hydrogens is 386 g/mol. The second kappa shape index (κ2) is 6.38. The number of hydrogen-bond donors (Lipinski definition) is 0. The van der Waals surface area contributed by atoms with E-state index in [1.54, 1.807) is 23.2 Å². The lowest BCUT2D eigenvalue weighted by Gasteiger charge is -2.23. The number of carbonyl (C=O) groups excluding carboxylic acids is 1. The molecule has 2 heterocycles. The van der Waals surface area contributed by atoms with E-state index in [1.165, 1.54) is 11.3 Å². The van der Waals surface area contributed by atoms with Crippen LogP contribution in [0, 0.1) is 0 Å². The molecule has 1 aliphatic rings. The summed E-state index contributed by atoms with van der Waals surface area (Å²) < 4.78 is 0.669. The molecular formula is C14H8Cl4N2OS. The molecule has 0 saturated carbocycles. The number of rotatable bonds is 3. The first-order valence-corrected chi connectivity index (χ1v) is 8.55. The number of anilines is 1. The zero-order valence-electron chi connectivity index (χ0n) is 10.9. The number of thiophene rings is 1. The van der Waals surface area contributed by atoms with Gasteiger partial charge in [-0.05, 0) is 41.9 Å². The topological polar surface area (TPSA) is 32.7 Å². The van der Waals surface area contributed by atoms with Crippen LogP contribution in [-0.4, -0.2) is 11.0 Å². The van der Waals surface area contributed by atoms with Gasteiger partial charge in [-0.1, -0.05) is 34.8 Å². The summed E-state index contributed by atoms with van der Waals surface area (Å²) in [5.41, 5.74) is 0.954. The SMILES string of the molecule is O=C(Cl)C1=NN(c2ccc(Cl)cc2Cl)C(c2ccc(Cl)s2)C1. The Kier molecular flexibility index (Phi) is 4.67. The predicted molar refractivity (Wildman–Crippen MR) is 93.9 cm³/mol. The van der Waals surface area contributed by atoms with E-state index in [0.717, 1.165) is 4.88 Å². The van der Waals surface area contributed by atoms with E-state index in [4.69, 9.17) is 46.4 Å². The highest BCUT2D eigenvalue weighted by Gasteiger charge is 2.33. The van der Waals surface area contributed by atoms with Gasteiger partial charge < -0.3 is 0 Å². The summed E-state index contributed by atoms with van der Waals surface area (Å²) in [5.74, 6) is 0. The quantitative estimate of drug-likeness (QED) is 0.619. The van der Waals surface area contributed by atoms with Gasteiger partial charge in [0.15, 0.2) is 0 Å². The Morgan fingerprint density at radius 1 is 1.23 bits per heavy atom. The van der Waals surface area contributed by atoms with Crippen LogP contribution in [0.1, 0.15) is 17.3 Å². The van der Waals surface area contributed by atoms with Crippen molar-refractivity contribution in [2.24, 2.45) is 5.10 Å². The molecule has 0 N–H and O–H groups in total. The molecule has 22 heavy (non-hydrogen) atoms. The maximum Gasteiger partial charge on any atom is 0.268 e. The molecule has 1 aliphatic heterocycles. The van der Waals surface area contributed by atoms with Gasteiger partial charge in [0.05, 0.1) is 21.1 Å². The third-order valence-electron chi connectivity index (χ3n) is 3.22. The van der Waals surface area contributed by atoms with Crippen molar-refractivity contribution >= 4 is 74.4 Å². The van der Waals surface area contributed by atoms with Gasteiger partial charge in [0, 0.05) is 16.3 Å². The third kappa shape index (κ3) is 3.12. The first-order chi connectivity index (χ1) is 10.5. The van der Waals surface area contributed by atoms with Crippen molar-refractivity contribution < 1.29 is 4.79 Å². The van der Waals surface area contributed by atoms with E-state index in [-0.39, 0.29) is 6.04 Å². The van der Waals surface area contributed by atoms with Crippen LogP contribution in [0.3, 0.4) is 0 Å². The fraction of sp³-hybridized carbons (Fsp3) is 0.143. The van der Waals surface area contributed by atoms with Gasteiger partial charge in [-0.15, -0.1) is 11.3 Å². The van der Waals surface area contributed by atoms with E-state index in [0.29, 0.717) is 32.2 Å². The number of benzene rings is 1. The molecule has 0 radical (unpaired) electrons. The lowest BCUT2D eigenvalue weighted by atomic mass is 10.1. The maximum absolute atomic E-state index is 11.5. The molecule has 114 valence electrons. The van der Waals surface area contributed by atoms with Gasteiger partial charge in [0.1, 0.15) is 5.71 Å². The largest absolute Gasteiger partial charge is 0.274 e. The van der Waals surface area contributed by atoms with E-state index in [9.17, 15) is 4.79 Å². The molecule has 0 amide bonds. The summed E-state index contributed by atoms with van der Waals surface area (Å²) in [5, 5.41) is 6.42.